The molecule has 0 unspecified atom stereocenters. The van der Waals surface area contributed by atoms with Crippen molar-refractivity contribution in [3.63, 3.8) is 0 Å². The zero-order valence-electron chi connectivity index (χ0n) is 10.5. The number of benzene rings is 1. The van der Waals surface area contributed by atoms with E-state index in [0.717, 1.165) is 12.0 Å². The van der Waals surface area contributed by atoms with Gasteiger partial charge >= 0.3 is 0 Å². The largest absolute Gasteiger partial charge is 0.350 e. The van der Waals surface area contributed by atoms with Crippen molar-refractivity contribution in [2.45, 2.75) is 38.8 Å². The fourth-order valence-corrected chi connectivity index (χ4v) is 1.73. The van der Waals surface area contributed by atoms with Gasteiger partial charge in [-0.2, -0.15) is 0 Å². The molecule has 0 saturated carbocycles. The Morgan fingerprint density at radius 1 is 1.41 bits per heavy atom. The second kappa shape index (κ2) is 5.52. The molecule has 1 aromatic rings. The van der Waals surface area contributed by atoms with Gasteiger partial charge in [-0.05, 0) is 44.9 Å². The van der Waals surface area contributed by atoms with Gasteiger partial charge in [-0.15, -0.1) is 0 Å². The summed E-state index contributed by atoms with van der Waals surface area (Å²) in [7, 11) is 0. The average molecular weight is 255 g/mol. The molecule has 0 heterocycles. The number of hydrogen-bond acceptors (Lipinski definition) is 2. The van der Waals surface area contributed by atoms with Crippen LogP contribution >= 0.6 is 11.6 Å². The molecule has 0 bridgehead atoms. The molecule has 0 aliphatic heterocycles. The Labute approximate surface area is 107 Å². The smallest absolute Gasteiger partial charge is 0.237 e. The maximum atomic E-state index is 11.5. The molecule has 0 aromatic heterocycles. The lowest BCUT2D eigenvalue weighted by atomic mass is 9.94. The summed E-state index contributed by atoms with van der Waals surface area (Å²) in [6.45, 7) is 5.62. The van der Waals surface area contributed by atoms with Crippen LogP contribution in [0.15, 0.2) is 24.3 Å². The molecule has 4 heteroatoms. The van der Waals surface area contributed by atoms with Crippen molar-refractivity contribution in [2.24, 2.45) is 5.73 Å². The Hall–Kier alpha value is -1.06. The third-order valence-corrected chi connectivity index (χ3v) is 2.69. The minimum absolute atomic E-state index is 0.135. The summed E-state index contributed by atoms with van der Waals surface area (Å²) in [5, 5.41) is 3.64. The van der Waals surface area contributed by atoms with Crippen molar-refractivity contribution in [1.82, 2.24) is 5.32 Å². The van der Waals surface area contributed by atoms with Crippen LogP contribution in [0, 0.1) is 0 Å². The predicted octanol–water partition coefficient (Wildman–Crippen LogP) is 2.12. The first-order valence-corrected chi connectivity index (χ1v) is 6.00. The maximum Gasteiger partial charge on any atom is 0.237 e. The third kappa shape index (κ3) is 4.75. The topological polar surface area (TPSA) is 55.1 Å². The number of carbonyl (C=O) groups excluding carboxylic acids is 1. The first-order chi connectivity index (χ1) is 7.80. The summed E-state index contributed by atoms with van der Waals surface area (Å²) in [5.41, 5.74) is 6.34. The molecule has 0 radical (unpaired) electrons. The van der Waals surface area contributed by atoms with Crippen LogP contribution in [0.2, 0.25) is 5.02 Å². The second-order valence-corrected chi connectivity index (χ2v) is 5.40. The first-order valence-electron chi connectivity index (χ1n) is 5.62. The molecule has 0 aliphatic carbocycles. The maximum absolute atomic E-state index is 11.5. The fourth-order valence-electron chi connectivity index (χ4n) is 1.60. The van der Waals surface area contributed by atoms with E-state index in [1.165, 1.54) is 0 Å². The summed E-state index contributed by atoms with van der Waals surface area (Å²) in [6, 6.07) is 7.13. The van der Waals surface area contributed by atoms with E-state index in [4.69, 9.17) is 17.3 Å². The van der Waals surface area contributed by atoms with Crippen molar-refractivity contribution in [3.05, 3.63) is 34.9 Å². The molecule has 0 spiro atoms. The minimum Gasteiger partial charge on any atom is -0.350 e. The number of hydrogen-bond donors (Lipinski definition) is 2. The van der Waals surface area contributed by atoms with Crippen molar-refractivity contribution < 1.29 is 4.79 Å². The molecule has 0 fully saturated rings. The standard InChI is InChI=1S/C13H19ClN2O/c1-9(15)12(17)16-13(2,3)8-10-4-6-11(14)7-5-10/h4-7,9H,8,15H2,1-3H3,(H,16,17)/t9-/m1/s1. The van der Waals surface area contributed by atoms with Crippen molar-refractivity contribution >= 4 is 17.5 Å². The van der Waals surface area contributed by atoms with E-state index >= 15 is 0 Å². The van der Waals surface area contributed by atoms with E-state index in [0.29, 0.717) is 5.02 Å². The van der Waals surface area contributed by atoms with Gasteiger partial charge in [-0.3, -0.25) is 4.79 Å². The van der Waals surface area contributed by atoms with Gasteiger partial charge < -0.3 is 11.1 Å². The molecular formula is C13H19ClN2O. The van der Waals surface area contributed by atoms with Crippen molar-refractivity contribution in [2.75, 3.05) is 0 Å². The number of amides is 1. The van der Waals surface area contributed by atoms with Crippen LogP contribution in [-0.4, -0.2) is 17.5 Å². The number of nitrogens with one attached hydrogen (secondary N) is 1. The second-order valence-electron chi connectivity index (χ2n) is 4.97. The Morgan fingerprint density at radius 2 is 1.94 bits per heavy atom. The zero-order valence-corrected chi connectivity index (χ0v) is 11.2. The summed E-state index contributed by atoms with van der Waals surface area (Å²) in [6.07, 6.45) is 0.739. The van der Waals surface area contributed by atoms with Gasteiger partial charge in [-0.1, -0.05) is 23.7 Å². The molecule has 94 valence electrons. The summed E-state index contributed by atoms with van der Waals surface area (Å²) >= 11 is 5.82. The number of rotatable bonds is 4. The summed E-state index contributed by atoms with van der Waals surface area (Å²) < 4.78 is 0. The molecule has 1 amide bonds. The molecule has 0 saturated heterocycles. The Morgan fingerprint density at radius 3 is 2.41 bits per heavy atom. The van der Waals surface area contributed by atoms with Crippen molar-refractivity contribution in [3.8, 4) is 0 Å². The van der Waals surface area contributed by atoms with Crippen LogP contribution in [0.4, 0.5) is 0 Å². The molecular weight excluding hydrogens is 236 g/mol. The highest BCUT2D eigenvalue weighted by atomic mass is 35.5. The average Bonchev–Trinajstić information content (AvgIpc) is 2.20. The fraction of sp³-hybridized carbons (Fsp3) is 0.462. The van der Waals surface area contributed by atoms with E-state index in [-0.39, 0.29) is 11.4 Å². The molecule has 1 aromatic carbocycles. The zero-order chi connectivity index (χ0) is 13.1. The molecule has 3 nitrogen and oxygen atoms in total. The van der Waals surface area contributed by atoms with Gasteiger partial charge in [0.2, 0.25) is 5.91 Å². The van der Waals surface area contributed by atoms with Crippen LogP contribution in [0.3, 0.4) is 0 Å². The lowest BCUT2D eigenvalue weighted by Gasteiger charge is -2.27. The SMILES string of the molecule is C[C@@H](N)C(=O)NC(C)(C)Cc1ccc(Cl)cc1. The van der Waals surface area contributed by atoms with E-state index < -0.39 is 6.04 Å². The predicted molar refractivity (Wildman–Crippen MR) is 71.0 cm³/mol. The monoisotopic (exact) mass is 254 g/mol. The lowest BCUT2D eigenvalue weighted by molar-refractivity contribution is -0.123. The Balaban J connectivity index is 2.66. The van der Waals surface area contributed by atoms with E-state index in [1.807, 2.05) is 38.1 Å². The van der Waals surface area contributed by atoms with E-state index in [9.17, 15) is 4.79 Å². The summed E-state index contributed by atoms with van der Waals surface area (Å²) in [5.74, 6) is -0.135. The lowest BCUT2D eigenvalue weighted by Crippen LogP contribution is -2.50. The van der Waals surface area contributed by atoms with Gasteiger partial charge in [0.25, 0.3) is 0 Å². The molecule has 1 atom stereocenters. The minimum atomic E-state index is -0.487. The third-order valence-electron chi connectivity index (χ3n) is 2.43. The van der Waals surface area contributed by atoms with Crippen molar-refractivity contribution in [1.29, 1.82) is 0 Å². The van der Waals surface area contributed by atoms with E-state index in [1.54, 1.807) is 6.92 Å². The number of halogens is 1. The van der Waals surface area contributed by atoms with Crippen LogP contribution in [0.1, 0.15) is 26.3 Å². The normalized spacial score (nSPS) is 13.2. The van der Waals surface area contributed by atoms with Crippen LogP contribution in [-0.2, 0) is 11.2 Å². The highest BCUT2D eigenvalue weighted by Crippen LogP contribution is 2.15. The van der Waals surface area contributed by atoms with Gasteiger partial charge in [0.05, 0.1) is 6.04 Å². The molecule has 0 aliphatic rings. The van der Waals surface area contributed by atoms with E-state index in [2.05, 4.69) is 5.32 Å². The Kier molecular flexibility index (Phi) is 4.54. The van der Waals surface area contributed by atoms with Crippen LogP contribution in [0.5, 0.6) is 0 Å². The number of carbonyl (C=O) groups is 1. The highest BCUT2D eigenvalue weighted by molar-refractivity contribution is 6.30. The van der Waals surface area contributed by atoms with Gasteiger partial charge in [0.15, 0.2) is 0 Å². The summed E-state index contributed by atoms with van der Waals surface area (Å²) in [4.78, 5) is 11.5. The van der Waals surface area contributed by atoms with Gasteiger partial charge in [-0.25, -0.2) is 0 Å². The molecule has 17 heavy (non-hydrogen) atoms. The van der Waals surface area contributed by atoms with Crippen LogP contribution < -0.4 is 11.1 Å². The molecule has 1 rings (SSSR count). The Bertz CT molecular complexity index is 385. The first kappa shape index (κ1) is 14.0. The van der Waals surface area contributed by atoms with Gasteiger partial charge in [0.1, 0.15) is 0 Å². The van der Waals surface area contributed by atoms with Gasteiger partial charge in [0, 0.05) is 10.6 Å². The highest BCUT2D eigenvalue weighted by Gasteiger charge is 2.22. The van der Waals surface area contributed by atoms with Crippen LogP contribution in [0.25, 0.3) is 0 Å². The quantitative estimate of drug-likeness (QED) is 0.865. The number of nitrogens with two attached hydrogens (primary N) is 1. The molecule has 3 N–H and O–H groups in total.